The lowest BCUT2D eigenvalue weighted by atomic mass is 10.0. The van der Waals surface area contributed by atoms with Gasteiger partial charge in [-0.25, -0.2) is 4.79 Å². The molecule has 0 radical (unpaired) electrons. The van der Waals surface area contributed by atoms with Gasteiger partial charge >= 0.3 is 6.03 Å². The summed E-state index contributed by atoms with van der Waals surface area (Å²) >= 11 is 0. The lowest BCUT2D eigenvalue weighted by Gasteiger charge is -2.17. The highest BCUT2D eigenvalue weighted by Gasteiger charge is 2.44. The molecule has 19 heavy (non-hydrogen) atoms. The van der Waals surface area contributed by atoms with Gasteiger partial charge in [0.05, 0.1) is 0 Å². The highest BCUT2D eigenvalue weighted by Crippen LogP contribution is 2.15. The number of urea groups is 1. The van der Waals surface area contributed by atoms with E-state index in [1.54, 1.807) is 13.8 Å². The minimum absolute atomic E-state index is 0.214. The zero-order valence-corrected chi connectivity index (χ0v) is 12.1. The average Bonchev–Trinajstić information content (AvgIpc) is 2.53. The first kappa shape index (κ1) is 15.5. The minimum atomic E-state index is -0.924. The number of carbonyl (C=O) groups is 3. The monoisotopic (exact) mass is 269 g/mol. The standard InChI is InChI=1S/C13H23N3O3/c1-5-9(6-2)7-14-10(17)8-16-11(18)13(3,4)15-12(16)19/h9H,5-8H2,1-4H3,(H,14,17)(H,15,19). The van der Waals surface area contributed by atoms with Crippen LogP contribution in [-0.2, 0) is 9.59 Å². The number of imide groups is 1. The van der Waals surface area contributed by atoms with Crippen LogP contribution in [0.15, 0.2) is 0 Å². The van der Waals surface area contributed by atoms with Gasteiger partial charge in [-0.1, -0.05) is 26.7 Å². The van der Waals surface area contributed by atoms with E-state index in [4.69, 9.17) is 0 Å². The fourth-order valence-electron chi connectivity index (χ4n) is 2.00. The first-order valence-electron chi connectivity index (χ1n) is 6.72. The maximum atomic E-state index is 11.9. The van der Waals surface area contributed by atoms with Crippen molar-refractivity contribution in [1.82, 2.24) is 15.5 Å². The molecule has 1 saturated heterocycles. The van der Waals surface area contributed by atoms with Gasteiger partial charge in [0.15, 0.2) is 0 Å². The maximum absolute atomic E-state index is 11.9. The smallest absolute Gasteiger partial charge is 0.325 e. The van der Waals surface area contributed by atoms with E-state index in [9.17, 15) is 14.4 Å². The second-order valence-electron chi connectivity index (χ2n) is 5.43. The molecule has 1 heterocycles. The summed E-state index contributed by atoms with van der Waals surface area (Å²) in [6.45, 7) is 7.75. The summed E-state index contributed by atoms with van der Waals surface area (Å²) in [4.78, 5) is 36.2. The van der Waals surface area contributed by atoms with E-state index in [0.717, 1.165) is 17.7 Å². The molecule has 0 bridgehead atoms. The molecule has 0 aliphatic carbocycles. The van der Waals surface area contributed by atoms with Crippen molar-refractivity contribution in [3.63, 3.8) is 0 Å². The van der Waals surface area contributed by atoms with Gasteiger partial charge in [-0.15, -0.1) is 0 Å². The van der Waals surface area contributed by atoms with Gasteiger partial charge in [-0.3, -0.25) is 14.5 Å². The molecule has 0 atom stereocenters. The second-order valence-corrected chi connectivity index (χ2v) is 5.43. The van der Waals surface area contributed by atoms with Gasteiger partial charge in [0.1, 0.15) is 12.1 Å². The van der Waals surface area contributed by atoms with E-state index in [2.05, 4.69) is 24.5 Å². The molecule has 0 saturated carbocycles. The Morgan fingerprint density at radius 3 is 2.32 bits per heavy atom. The fourth-order valence-corrected chi connectivity index (χ4v) is 2.00. The van der Waals surface area contributed by atoms with Gasteiger partial charge in [0.25, 0.3) is 5.91 Å². The Morgan fingerprint density at radius 2 is 1.89 bits per heavy atom. The number of nitrogens with one attached hydrogen (secondary N) is 2. The van der Waals surface area contributed by atoms with Crippen molar-refractivity contribution in [1.29, 1.82) is 0 Å². The molecule has 0 unspecified atom stereocenters. The molecule has 6 nitrogen and oxygen atoms in total. The van der Waals surface area contributed by atoms with Gasteiger partial charge in [-0.05, 0) is 19.8 Å². The van der Waals surface area contributed by atoms with Crippen molar-refractivity contribution in [3.05, 3.63) is 0 Å². The summed E-state index contributed by atoms with van der Waals surface area (Å²) < 4.78 is 0. The summed E-state index contributed by atoms with van der Waals surface area (Å²) in [6.07, 6.45) is 1.99. The molecule has 1 aliphatic heterocycles. The first-order valence-corrected chi connectivity index (χ1v) is 6.72. The van der Waals surface area contributed by atoms with Crippen LogP contribution in [0.4, 0.5) is 4.79 Å². The van der Waals surface area contributed by atoms with E-state index < -0.39 is 11.6 Å². The third kappa shape index (κ3) is 3.68. The Morgan fingerprint density at radius 1 is 1.32 bits per heavy atom. The van der Waals surface area contributed by atoms with E-state index in [1.807, 2.05) is 0 Å². The normalized spacial score (nSPS) is 17.8. The molecule has 1 aliphatic rings. The Balaban J connectivity index is 2.49. The Bertz CT molecular complexity index is 375. The van der Waals surface area contributed by atoms with Crippen molar-refractivity contribution in [3.8, 4) is 0 Å². The van der Waals surface area contributed by atoms with E-state index in [0.29, 0.717) is 12.5 Å². The molecule has 6 heteroatoms. The molecule has 0 aromatic carbocycles. The molecule has 108 valence electrons. The number of hydrogen-bond donors (Lipinski definition) is 2. The topological polar surface area (TPSA) is 78.5 Å². The van der Waals surface area contributed by atoms with Gasteiger partial charge in [0, 0.05) is 6.54 Å². The Kier molecular flexibility index (Phi) is 4.91. The Hall–Kier alpha value is -1.59. The number of hydrogen-bond acceptors (Lipinski definition) is 3. The van der Waals surface area contributed by atoms with Crippen molar-refractivity contribution in [2.24, 2.45) is 5.92 Å². The van der Waals surface area contributed by atoms with E-state index in [-0.39, 0.29) is 18.4 Å². The third-order valence-corrected chi connectivity index (χ3v) is 3.49. The van der Waals surface area contributed by atoms with E-state index in [1.165, 1.54) is 0 Å². The van der Waals surface area contributed by atoms with Crippen LogP contribution in [0.1, 0.15) is 40.5 Å². The predicted molar refractivity (Wildman–Crippen MR) is 71.4 cm³/mol. The van der Waals surface area contributed by atoms with Crippen LogP contribution >= 0.6 is 0 Å². The van der Waals surface area contributed by atoms with Crippen LogP contribution in [0.5, 0.6) is 0 Å². The molecule has 4 amide bonds. The van der Waals surface area contributed by atoms with Crippen LogP contribution < -0.4 is 10.6 Å². The second kappa shape index (κ2) is 6.04. The summed E-state index contributed by atoms with van der Waals surface area (Å²) in [6, 6.07) is -0.507. The SMILES string of the molecule is CCC(CC)CNC(=O)CN1C(=O)NC(C)(C)C1=O. The molecule has 0 spiro atoms. The zero-order chi connectivity index (χ0) is 14.6. The van der Waals surface area contributed by atoms with Crippen molar-refractivity contribution < 1.29 is 14.4 Å². The molecule has 0 aromatic heterocycles. The van der Waals surface area contributed by atoms with Gasteiger partial charge < -0.3 is 10.6 Å². The highest BCUT2D eigenvalue weighted by atomic mass is 16.2. The van der Waals surface area contributed by atoms with Crippen molar-refractivity contribution in [2.45, 2.75) is 46.1 Å². The highest BCUT2D eigenvalue weighted by molar-refractivity contribution is 6.08. The lowest BCUT2D eigenvalue weighted by Crippen LogP contribution is -2.43. The minimum Gasteiger partial charge on any atom is -0.354 e. The number of nitrogens with zero attached hydrogens (tertiary/aromatic N) is 1. The average molecular weight is 269 g/mol. The fraction of sp³-hybridized carbons (Fsp3) is 0.769. The van der Waals surface area contributed by atoms with Crippen LogP contribution in [-0.4, -0.2) is 41.4 Å². The summed E-state index contributed by atoms with van der Waals surface area (Å²) in [5.41, 5.74) is -0.924. The first-order chi connectivity index (χ1) is 8.81. The number of rotatable bonds is 6. The lowest BCUT2D eigenvalue weighted by molar-refractivity contribution is -0.134. The van der Waals surface area contributed by atoms with E-state index >= 15 is 0 Å². The van der Waals surface area contributed by atoms with Crippen LogP contribution in [0.3, 0.4) is 0 Å². The zero-order valence-electron chi connectivity index (χ0n) is 12.1. The van der Waals surface area contributed by atoms with Crippen molar-refractivity contribution in [2.75, 3.05) is 13.1 Å². The number of amides is 4. The molecular weight excluding hydrogens is 246 g/mol. The Labute approximate surface area is 113 Å². The number of carbonyl (C=O) groups excluding carboxylic acids is 3. The third-order valence-electron chi connectivity index (χ3n) is 3.49. The maximum Gasteiger partial charge on any atom is 0.325 e. The molecule has 0 aromatic rings. The quantitative estimate of drug-likeness (QED) is 0.702. The van der Waals surface area contributed by atoms with Gasteiger partial charge in [0.2, 0.25) is 5.91 Å². The largest absolute Gasteiger partial charge is 0.354 e. The molecule has 1 rings (SSSR count). The van der Waals surface area contributed by atoms with Crippen LogP contribution in [0, 0.1) is 5.92 Å². The predicted octanol–water partition coefficient (Wildman–Crippen LogP) is 0.869. The molecule has 2 N–H and O–H groups in total. The van der Waals surface area contributed by atoms with Crippen LogP contribution in [0.2, 0.25) is 0 Å². The van der Waals surface area contributed by atoms with Crippen molar-refractivity contribution >= 4 is 17.8 Å². The van der Waals surface area contributed by atoms with Crippen LogP contribution in [0.25, 0.3) is 0 Å². The molecular formula is C13H23N3O3. The molecule has 1 fully saturated rings. The summed E-state index contributed by atoms with van der Waals surface area (Å²) in [5.74, 6) is -0.230. The summed E-state index contributed by atoms with van der Waals surface area (Å²) in [5, 5.41) is 5.31. The van der Waals surface area contributed by atoms with Gasteiger partial charge in [-0.2, -0.15) is 0 Å². The summed E-state index contributed by atoms with van der Waals surface area (Å²) in [7, 11) is 0.